The molecule has 0 aliphatic carbocycles. The van der Waals surface area contributed by atoms with E-state index in [1.54, 1.807) is 0 Å². The van der Waals surface area contributed by atoms with E-state index in [-0.39, 0.29) is 5.97 Å². The zero-order valence-corrected chi connectivity index (χ0v) is 12.2. The van der Waals surface area contributed by atoms with Crippen molar-refractivity contribution in [2.45, 2.75) is 71.6 Å². The summed E-state index contributed by atoms with van der Waals surface area (Å²) in [5, 5.41) is 0. The Hall–Kier alpha value is -0.790. The van der Waals surface area contributed by atoms with Crippen molar-refractivity contribution in [3.05, 3.63) is 12.7 Å². The molecule has 0 aromatic carbocycles. The van der Waals surface area contributed by atoms with Gasteiger partial charge in [-0.05, 0) is 12.3 Å². The molecule has 0 saturated carbocycles. The molecular weight excluding hydrogens is 224 g/mol. The second-order valence-corrected chi connectivity index (χ2v) is 4.96. The van der Waals surface area contributed by atoms with Crippen LogP contribution in [0.3, 0.4) is 0 Å². The van der Waals surface area contributed by atoms with Crippen LogP contribution in [0.5, 0.6) is 0 Å². The van der Waals surface area contributed by atoms with Gasteiger partial charge in [-0.3, -0.25) is 0 Å². The number of esters is 1. The molecule has 0 N–H and O–H groups in total. The summed E-state index contributed by atoms with van der Waals surface area (Å²) in [6.07, 6.45) is 12.7. The van der Waals surface area contributed by atoms with Crippen LogP contribution in [0.25, 0.3) is 0 Å². The molecule has 0 bridgehead atoms. The van der Waals surface area contributed by atoms with E-state index in [1.165, 1.54) is 51.0 Å². The normalized spacial score (nSPS) is 10.6. The lowest BCUT2D eigenvalue weighted by Gasteiger charge is -2.11. The molecule has 0 unspecified atom stereocenters. The molecule has 0 fully saturated rings. The van der Waals surface area contributed by atoms with Gasteiger partial charge in [0.15, 0.2) is 0 Å². The Bertz CT molecular complexity index is 207. The van der Waals surface area contributed by atoms with Crippen LogP contribution >= 0.6 is 0 Å². The van der Waals surface area contributed by atoms with E-state index in [0.29, 0.717) is 6.61 Å². The zero-order valence-electron chi connectivity index (χ0n) is 12.2. The Morgan fingerprint density at radius 1 is 1.06 bits per heavy atom. The molecule has 106 valence electrons. The first-order chi connectivity index (χ1) is 8.74. The van der Waals surface area contributed by atoms with Gasteiger partial charge < -0.3 is 4.74 Å². The number of carbonyl (C=O) groups excluding carboxylic acids is 1. The lowest BCUT2D eigenvalue weighted by Crippen LogP contribution is -2.01. The van der Waals surface area contributed by atoms with E-state index < -0.39 is 0 Å². The van der Waals surface area contributed by atoms with E-state index in [4.69, 9.17) is 4.74 Å². The summed E-state index contributed by atoms with van der Waals surface area (Å²) in [4.78, 5) is 10.8. The summed E-state index contributed by atoms with van der Waals surface area (Å²) >= 11 is 0. The lowest BCUT2D eigenvalue weighted by atomic mass is 9.96. The third-order valence-corrected chi connectivity index (χ3v) is 3.57. The van der Waals surface area contributed by atoms with Crippen molar-refractivity contribution in [1.29, 1.82) is 0 Å². The van der Waals surface area contributed by atoms with Crippen molar-refractivity contribution in [3.63, 3.8) is 0 Å². The highest BCUT2D eigenvalue weighted by Gasteiger charge is 2.02. The standard InChI is InChI=1S/C16H30O2/c1-4-15(5-2)13-11-9-7-8-10-12-14-18-16(17)6-3/h6,15H,3-5,7-14H2,1-2H3. The number of hydrogen-bond acceptors (Lipinski definition) is 2. The molecule has 0 radical (unpaired) electrons. The lowest BCUT2D eigenvalue weighted by molar-refractivity contribution is -0.137. The monoisotopic (exact) mass is 254 g/mol. The first-order valence-corrected chi connectivity index (χ1v) is 7.53. The third-order valence-electron chi connectivity index (χ3n) is 3.57. The summed E-state index contributed by atoms with van der Waals surface area (Å²) in [5.74, 6) is 0.628. The highest BCUT2D eigenvalue weighted by atomic mass is 16.5. The molecule has 0 atom stereocenters. The van der Waals surface area contributed by atoms with Crippen molar-refractivity contribution < 1.29 is 9.53 Å². The van der Waals surface area contributed by atoms with Gasteiger partial charge >= 0.3 is 5.97 Å². The quantitative estimate of drug-likeness (QED) is 0.282. The summed E-state index contributed by atoms with van der Waals surface area (Å²) < 4.78 is 4.92. The Balaban J connectivity index is 3.16. The van der Waals surface area contributed by atoms with E-state index in [0.717, 1.165) is 18.8 Å². The van der Waals surface area contributed by atoms with Gasteiger partial charge in [-0.1, -0.05) is 71.8 Å². The maximum Gasteiger partial charge on any atom is 0.330 e. The molecular formula is C16H30O2. The Labute approximate surface area is 113 Å². The van der Waals surface area contributed by atoms with Crippen molar-refractivity contribution >= 4 is 5.97 Å². The average molecular weight is 254 g/mol. The molecule has 0 aliphatic rings. The summed E-state index contributed by atoms with van der Waals surface area (Å²) in [5.41, 5.74) is 0. The van der Waals surface area contributed by atoms with E-state index in [2.05, 4.69) is 20.4 Å². The number of ether oxygens (including phenoxy) is 1. The predicted molar refractivity (Wildman–Crippen MR) is 77.5 cm³/mol. The number of rotatable bonds is 12. The van der Waals surface area contributed by atoms with Crippen LogP contribution in [0.1, 0.15) is 71.6 Å². The predicted octanol–water partition coefficient (Wildman–Crippen LogP) is 4.88. The second kappa shape index (κ2) is 12.7. The first kappa shape index (κ1) is 17.2. The fourth-order valence-corrected chi connectivity index (χ4v) is 2.17. The molecule has 0 amide bonds. The minimum absolute atomic E-state index is 0.305. The van der Waals surface area contributed by atoms with Gasteiger partial charge in [-0.25, -0.2) is 4.79 Å². The molecule has 0 saturated heterocycles. The molecule has 0 aromatic heterocycles. The maximum absolute atomic E-state index is 10.8. The van der Waals surface area contributed by atoms with Crippen molar-refractivity contribution in [1.82, 2.24) is 0 Å². The summed E-state index contributed by atoms with van der Waals surface area (Å²) in [6.45, 7) is 8.48. The Kier molecular flexibility index (Phi) is 12.1. The van der Waals surface area contributed by atoms with Crippen LogP contribution in [0, 0.1) is 5.92 Å². The minimum Gasteiger partial charge on any atom is -0.463 e. The van der Waals surface area contributed by atoms with Crippen LogP contribution in [-0.2, 0) is 9.53 Å². The molecule has 0 rings (SSSR count). The fraction of sp³-hybridized carbons (Fsp3) is 0.812. The smallest absolute Gasteiger partial charge is 0.330 e. The second-order valence-electron chi connectivity index (χ2n) is 4.96. The van der Waals surface area contributed by atoms with Crippen LogP contribution in [-0.4, -0.2) is 12.6 Å². The van der Waals surface area contributed by atoms with Crippen LogP contribution in [0.15, 0.2) is 12.7 Å². The highest BCUT2D eigenvalue weighted by Crippen LogP contribution is 2.17. The Morgan fingerprint density at radius 2 is 1.61 bits per heavy atom. The van der Waals surface area contributed by atoms with Gasteiger partial charge in [0, 0.05) is 6.08 Å². The van der Waals surface area contributed by atoms with Gasteiger partial charge in [0.25, 0.3) is 0 Å². The highest BCUT2D eigenvalue weighted by molar-refractivity contribution is 5.81. The largest absolute Gasteiger partial charge is 0.463 e. The van der Waals surface area contributed by atoms with Gasteiger partial charge in [-0.2, -0.15) is 0 Å². The van der Waals surface area contributed by atoms with E-state index >= 15 is 0 Å². The van der Waals surface area contributed by atoms with E-state index in [1.807, 2.05) is 0 Å². The number of hydrogen-bond donors (Lipinski definition) is 0. The van der Waals surface area contributed by atoms with Crippen molar-refractivity contribution in [2.75, 3.05) is 6.61 Å². The number of carbonyl (C=O) groups is 1. The average Bonchev–Trinajstić information content (AvgIpc) is 2.40. The molecule has 2 heteroatoms. The van der Waals surface area contributed by atoms with Crippen LogP contribution < -0.4 is 0 Å². The molecule has 2 nitrogen and oxygen atoms in total. The van der Waals surface area contributed by atoms with Gasteiger partial charge in [0.1, 0.15) is 0 Å². The van der Waals surface area contributed by atoms with E-state index in [9.17, 15) is 4.79 Å². The molecule has 0 spiro atoms. The first-order valence-electron chi connectivity index (χ1n) is 7.53. The SMILES string of the molecule is C=CC(=O)OCCCCCCCCC(CC)CC. The van der Waals surface area contributed by atoms with Gasteiger partial charge in [0.05, 0.1) is 6.61 Å². The number of unbranched alkanes of at least 4 members (excludes halogenated alkanes) is 5. The molecule has 0 aliphatic heterocycles. The third kappa shape index (κ3) is 10.4. The van der Waals surface area contributed by atoms with Gasteiger partial charge in [0.2, 0.25) is 0 Å². The molecule has 0 aromatic rings. The minimum atomic E-state index is -0.305. The van der Waals surface area contributed by atoms with Crippen molar-refractivity contribution in [2.24, 2.45) is 5.92 Å². The zero-order chi connectivity index (χ0) is 13.6. The molecule has 18 heavy (non-hydrogen) atoms. The van der Waals surface area contributed by atoms with Crippen molar-refractivity contribution in [3.8, 4) is 0 Å². The van der Waals surface area contributed by atoms with Crippen LogP contribution in [0.4, 0.5) is 0 Å². The fourth-order valence-electron chi connectivity index (χ4n) is 2.17. The summed E-state index contributed by atoms with van der Waals surface area (Å²) in [6, 6.07) is 0. The van der Waals surface area contributed by atoms with Gasteiger partial charge in [-0.15, -0.1) is 0 Å². The maximum atomic E-state index is 10.8. The molecule has 0 heterocycles. The Morgan fingerprint density at radius 3 is 2.17 bits per heavy atom. The summed E-state index contributed by atoms with van der Waals surface area (Å²) in [7, 11) is 0. The van der Waals surface area contributed by atoms with Crippen LogP contribution in [0.2, 0.25) is 0 Å². The topological polar surface area (TPSA) is 26.3 Å².